The number of ether oxygens (including phenoxy) is 1. The summed E-state index contributed by atoms with van der Waals surface area (Å²) in [6, 6.07) is -0.0579. The Hall–Kier alpha value is -1.64. The molecule has 3 rings (SSSR count). The van der Waals surface area contributed by atoms with Crippen LogP contribution in [0.3, 0.4) is 0 Å². The maximum absolute atomic E-state index is 12.7. The number of alkyl halides is 3. The molecule has 0 spiro atoms. The molecule has 1 atom stereocenters. The van der Waals surface area contributed by atoms with E-state index in [-0.39, 0.29) is 30.7 Å². The number of halogens is 3. The molecule has 1 amide bonds. The number of hydrogen-bond donors (Lipinski definition) is 1. The van der Waals surface area contributed by atoms with Gasteiger partial charge in [0.25, 0.3) is 0 Å². The number of aryl methyl sites for hydroxylation is 1. The van der Waals surface area contributed by atoms with Crippen molar-refractivity contribution in [2.24, 2.45) is 11.8 Å². The van der Waals surface area contributed by atoms with E-state index in [0.717, 1.165) is 12.2 Å². The minimum absolute atomic E-state index is 0.0415. The molecule has 1 unspecified atom stereocenters. The molecule has 1 N–H and O–H groups in total. The van der Waals surface area contributed by atoms with Crippen LogP contribution >= 0.6 is 0 Å². The van der Waals surface area contributed by atoms with Gasteiger partial charge in [-0.2, -0.15) is 18.3 Å². The van der Waals surface area contributed by atoms with Gasteiger partial charge in [-0.15, -0.1) is 0 Å². The van der Waals surface area contributed by atoms with Crippen LogP contribution in [0.15, 0.2) is 0 Å². The van der Waals surface area contributed by atoms with E-state index in [9.17, 15) is 18.0 Å². The van der Waals surface area contributed by atoms with Crippen molar-refractivity contribution in [3.8, 4) is 0 Å². The van der Waals surface area contributed by atoms with E-state index >= 15 is 0 Å². The Morgan fingerprint density at radius 1 is 1.28 bits per heavy atom. The minimum Gasteiger partial charge on any atom is -0.377 e. The fourth-order valence-corrected chi connectivity index (χ4v) is 3.67. The van der Waals surface area contributed by atoms with Crippen LogP contribution in [0, 0.1) is 11.8 Å². The summed E-state index contributed by atoms with van der Waals surface area (Å²) in [5.74, 6) is -0.215. The molecule has 25 heavy (non-hydrogen) atoms. The largest absolute Gasteiger partial charge is 0.391 e. The number of rotatable bonds is 4. The molecule has 9 heteroatoms. The van der Waals surface area contributed by atoms with Crippen LogP contribution in [0.5, 0.6) is 0 Å². The molecule has 0 saturated heterocycles. The quantitative estimate of drug-likeness (QED) is 0.894. The molecule has 1 aliphatic heterocycles. The molecule has 1 fully saturated rings. The summed E-state index contributed by atoms with van der Waals surface area (Å²) in [4.78, 5) is 16.8. The van der Waals surface area contributed by atoms with Crippen molar-refractivity contribution in [1.82, 2.24) is 20.1 Å². The summed E-state index contributed by atoms with van der Waals surface area (Å²) in [6.07, 6.45) is -1.99. The summed E-state index contributed by atoms with van der Waals surface area (Å²) in [6.45, 7) is 0.884. The summed E-state index contributed by atoms with van der Waals surface area (Å²) >= 11 is 0. The van der Waals surface area contributed by atoms with Crippen molar-refractivity contribution in [2.45, 2.75) is 63.9 Å². The van der Waals surface area contributed by atoms with Crippen LogP contribution in [0.2, 0.25) is 0 Å². The fraction of sp³-hybridized carbons (Fsp3) is 0.812. The molecule has 0 radical (unpaired) electrons. The Kier molecular flexibility index (Phi) is 5.31. The van der Waals surface area contributed by atoms with E-state index in [1.54, 1.807) is 11.8 Å². The highest BCUT2D eigenvalue weighted by Crippen LogP contribution is 2.39. The lowest BCUT2D eigenvalue weighted by atomic mass is 9.81. The Morgan fingerprint density at radius 3 is 2.64 bits per heavy atom. The second-order valence-electron chi connectivity index (χ2n) is 6.89. The van der Waals surface area contributed by atoms with E-state index in [0.29, 0.717) is 38.2 Å². The average molecular weight is 360 g/mol. The molecular weight excluding hydrogens is 337 g/mol. The Labute approximate surface area is 144 Å². The van der Waals surface area contributed by atoms with Gasteiger partial charge in [0, 0.05) is 25.5 Å². The van der Waals surface area contributed by atoms with Crippen molar-refractivity contribution in [3.63, 3.8) is 0 Å². The number of nitrogens with zero attached hydrogens (tertiary/aromatic N) is 3. The summed E-state index contributed by atoms with van der Waals surface area (Å²) in [5.41, 5.74) is 0. The molecule has 140 valence electrons. The Bertz CT molecular complexity index is 609. The molecule has 1 aromatic heterocycles. The first-order chi connectivity index (χ1) is 11.9. The van der Waals surface area contributed by atoms with Gasteiger partial charge in [0.2, 0.25) is 5.91 Å². The van der Waals surface area contributed by atoms with Crippen molar-refractivity contribution < 1.29 is 22.7 Å². The highest BCUT2D eigenvalue weighted by molar-refractivity contribution is 5.79. The molecule has 0 bridgehead atoms. The number of nitrogens with one attached hydrogen (secondary N) is 1. The average Bonchev–Trinajstić information content (AvgIpc) is 2.96. The maximum atomic E-state index is 12.7. The van der Waals surface area contributed by atoms with E-state index < -0.39 is 12.1 Å². The Morgan fingerprint density at radius 2 is 2.00 bits per heavy atom. The van der Waals surface area contributed by atoms with Crippen LogP contribution in [0.1, 0.15) is 43.8 Å². The third kappa shape index (κ3) is 4.31. The van der Waals surface area contributed by atoms with Crippen LogP contribution in [-0.4, -0.2) is 40.0 Å². The number of fused-ring (bicyclic) bond motifs is 1. The third-order valence-electron chi connectivity index (χ3n) is 5.08. The van der Waals surface area contributed by atoms with Crippen LogP contribution in [0.25, 0.3) is 0 Å². The lowest BCUT2D eigenvalue weighted by Gasteiger charge is -2.31. The van der Waals surface area contributed by atoms with E-state index in [1.807, 2.05) is 0 Å². The van der Waals surface area contributed by atoms with Crippen LogP contribution in [0.4, 0.5) is 13.2 Å². The number of aromatic nitrogens is 3. The number of methoxy groups -OCH3 is 1. The number of carbonyl (C=O) groups excluding carboxylic acids is 1. The lowest BCUT2D eigenvalue weighted by Crippen LogP contribution is -2.45. The summed E-state index contributed by atoms with van der Waals surface area (Å²) < 4.78 is 44.9. The van der Waals surface area contributed by atoms with Gasteiger partial charge < -0.3 is 10.1 Å². The second-order valence-corrected chi connectivity index (χ2v) is 6.89. The number of carbonyl (C=O) groups is 1. The predicted octanol–water partition coefficient (Wildman–Crippen LogP) is 2.22. The molecule has 2 heterocycles. The van der Waals surface area contributed by atoms with Gasteiger partial charge in [-0.25, -0.2) is 9.67 Å². The normalized spacial score (nSPS) is 27.0. The van der Waals surface area contributed by atoms with Gasteiger partial charge in [0.1, 0.15) is 12.4 Å². The summed E-state index contributed by atoms with van der Waals surface area (Å²) in [7, 11) is 1.58. The zero-order chi connectivity index (χ0) is 18.0. The molecule has 1 aliphatic carbocycles. The molecular formula is C16H23F3N4O2. The molecule has 2 aliphatic rings. The van der Waals surface area contributed by atoms with E-state index in [1.165, 1.54) is 0 Å². The second kappa shape index (κ2) is 7.31. The SMILES string of the molecule is COCc1nc2n(n1)CC(NC(=O)C1CCC(C(F)(F)F)CC1)CC2. The summed E-state index contributed by atoms with van der Waals surface area (Å²) in [5, 5.41) is 7.34. The third-order valence-corrected chi connectivity index (χ3v) is 5.08. The van der Waals surface area contributed by atoms with Crippen molar-refractivity contribution in [2.75, 3.05) is 7.11 Å². The van der Waals surface area contributed by atoms with Gasteiger partial charge in [0.05, 0.1) is 12.5 Å². The van der Waals surface area contributed by atoms with E-state index in [4.69, 9.17) is 4.74 Å². The minimum atomic E-state index is -4.14. The maximum Gasteiger partial charge on any atom is 0.391 e. The molecule has 6 nitrogen and oxygen atoms in total. The number of hydrogen-bond acceptors (Lipinski definition) is 4. The van der Waals surface area contributed by atoms with Crippen molar-refractivity contribution in [1.29, 1.82) is 0 Å². The van der Waals surface area contributed by atoms with Crippen molar-refractivity contribution >= 4 is 5.91 Å². The van der Waals surface area contributed by atoms with Crippen LogP contribution < -0.4 is 5.32 Å². The molecule has 0 aromatic carbocycles. The predicted molar refractivity (Wildman–Crippen MR) is 82.5 cm³/mol. The monoisotopic (exact) mass is 360 g/mol. The molecule has 1 saturated carbocycles. The van der Waals surface area contributed by atoms with Gasteiger partial charge >= 0.3 is 6.18 Å². The van der Waals surface area contributed by atoms with Gasteiger partial charge in [-0.05, 0) is 32.1 Å². The first-order valence-corrected chi connectivity index (χ1v) is 8.65. The molecule has 1 aromatic rings. The highest BCUT2D eigenvalue weighted by atomic mass is 19.4. The topological polar surface area (TPSA) is 69.0 Å². The highest BCUT2D eigenvalue weighted by Gasteiger charge is 2.42. The van der Waals surface area contributed by atoms with Gasteiger partial charge in [0.15, 0.2) is 5.82 Å². The zero-order valence-electron chi connectivity index (χ0n) is 14.2. The number of amides is 1. The smallest absolute Gasteiger partial charge is 0.377 e. The van der Waals surface area contributed by atoms with Crippen LogP contribution in [-0.2, 0) is 29.1 Å². The first-order valence-electron chi connectivity index (χ1n) is 8.65. The zero-order valence-corrected chi connectivity index (χ0v) is 14.2. The van der Waals surface area contributed by atoms with Gasteiger partial charge in [-0.1, -0.05) is 0 Å². The van der Waals surface area contributed by atoms with Crippen molar-refractivity contribution in [3.05, 3.63) is 11.6 Å². The van der Waals surface area contributed by atoms with E-state index in [2.05, 4.69) is 15.4 Å². The van der Waals surface area contributed by atoms with Gasteiger partial charge in [-0.3, -0.25) is 4.79 Å². The fourth-order valence-electron chi connectivity index (χ4n) is 3.67. The lowest BCUT2D eigenvalue weighted by molar-refractivity contribution is -0.184. The standard InChI is InChI=1S/C16H23F3N4O2/c1-25-9-13-21-14-7-6-12(8-23(14)22-13)20-15(24)10-2-4-11(5-3-10)16(17,18)19/h10-12H,2-9H2,1H3,(H,20,24). The Balaban J connectivity index is 1.50. The first kappa shape index (κ1) is 18.2.